The van der Waals surface area contributed by atoms with Crippen molar-refractivity contribution in [3.05, 3.63) is 24.3 Å². The van der Waals surface area contributed by atoms with Crippen molar-refractivity contribution in [2.45, 2.75) is 58.1 Å². The molecular formula is C18H26N2O4. The van der Waals surface area contributed by atoms with Gasteiger partial charge in [-0.05, 0) is 38.8 Å². The summed E-state index contributed by atoms with van der Waals surface area (Å²) in [6.07, 6.45) is 4.58. The molecule has 0 unspecified atom stereocenters. The summed E-state index contributed by atoms with van der Waals surface area (Å²) in [5, 5.41) is 5.19. The Morgan fingerprint density at radius 2 is 1.83 bits per heavy atom. The minimum atomic E-state index is -0.802. The Bertz CT molecular complexity index is 556. The number of rotatable bonds is 6. The molecule has 6 nitrogen and oxygen atoms in total. The van der Waals surface area contributed by atoms with Crippen LogP contribution in [0.5, 0.6) is 11.5 Å². The summed E-state index contributed by atoms with van der Waals surface area (Å²) in [6, 6.07) is 6.84. The van der Waals surface area contributed by atoms with Crippen LogP contribution in [-0.2, 0) is 4.79 Å². The van der Waals surface area contributed by atoms with Crippen molar-refractivity contribution >= 4 is 11.9 Å². The van der Waals surface area contributed by atoms with Crippen molar-refractivity contribution < 1.29 is 19.1 Å². The third-order valence-corrected chi connectivity index (χ3v) is 4.00. The lowest BCUT2D eigenvalue weighted by Crippen LogP contribution is -2.48. The highest BCUT2D eigenvalue weighted by atomic mass is 16.5. The Labute approximate surface area is 142 Å². The number of imide groups is 1. The number of amides is 3. The normalized spacial score (nSPS) is 16.1. The topological polar surface area (TPSA) is 76.7 Å². The summed E-state index contributed by atoms with van der Waals surface area (Å²) in [4.78, 5) is 24.1. The maximum Gasteiger partial charge on any atom is 0.321 e. The Morgan fingerprint density at radius 3 is 2.50 bits per heavy atom. The number of carbonyl (C=O) groups is 2. The molecule has 0 radical (unpaired) electrons. The molecule has 24 heavy (non-hydrogen) atoms. The molecule has 1 fully saturated rings. The van der Waals surface area contributed by atoms with Crippen LogP contribution in [0.15, 0.2) is 24.3 Å². The monoisotopic (exact) mass is 334 g/mol. The van der Waals surface area contributed by atoms with E-state index in [0.29, 0.717) is 18.1 Å². The molecule has 1 aromatic carbocycles. The molecule has 3 amide bonds. The van der Waals surface area contributed by atoms with E-state index in [9.17, 15) is 9.59 Å². The summed E-state index contributed by atoms with van der Waals surface area (Å²) in [5.74, 6) is 0.579. The van der Waals surface area contributed by atoms with Crippen molar-refractivity contribution in [1.29, 1.82) is 0 Å². The summed E-state index contributed by atoms with van der Waals surface area (Å²) >= 11 is 0. The van der Waals surface area contributed by atoms with Gasteiger partial charge in [0.1, 0.15) is 0 Å². The second-order valence-electron chi connectivity index (χ2n) is 5.94. The van der Waals surface area contributed by atoms with E-state index in [0.717, 1.165) is 25.7 Å². The SMILES string of the molecule is CCOc1ccccc1O[C@@H](C)C(=O)NC(=O)NC1CCCCC1. The largest absolute Gasteiger partial charge is 0.490 e. The molecule has 6 heteroatoms. The number of benzene rings is 1. The van der Waals surface area contributed by atoms with Gasteiger partial charge in [-0.25, -0.2) is 4.79 Å². The summed E-state index contributed by atoms with van der Waals surface area (Å²) in [6.45, 7) is 3.99. The highest BCUT2D eigenvalue weighted by Crippen LogP contribution is 2.27. The maximum atomic E-state index is 12.1. The van der Waals surface area contributed by atoms with E-state index in [4.69, 9.17) is 9.47 Å². The number of urea groups is 1. The zero-order valence-corrected chi connectivity index (χ0v) is 14.3. The Balaban J connectivity index is 1.84. The zero-order chi connectivity index (χ0) is 17.4. The van der Waals surface area contributed by atoms with Crippen LogP contribution in [0.4, 0.5) is 4.79 Å². The van der Waals surface area contributed by atoms with Crippen LogP contribution in [0.25, 0.3) is 0 Å². The predicted molar refractivity (Wildman–Crippen MR) is 91.2 cm³/mol. The molecule has 0 heterocycles. The molecule has 1 saturated carbocycles. The fraction of sp³-hybridized carbons (Fsp3) is 0.556. The van der Waals surface area contributed by atoms with Gasteiger partial charge in [0.15, 0.2) is 17.6 Å². The molecular weight excluding hydrogens is 308 g/mol. The Morgan fingerprint density at radius 1 is 1.17 bits per heavy atom. The van der Waals surface area contributed by atoms with Crippen LogP contribution >= 0.6 is 0 Å². The number of para-hydroxylation sites is 2. The van der Waals surface area contributed by atoms with Crippen LogP contribution in [0, 0.1) is 0 Å². The molecule has 1 atom stereocenters. The van der Waals surface area contributed by atoms with Gasteiger partial charge in [-0.2, -0.15) is 0 Å². The Kier molecular flexibility index (Phi) is 6.90. The molecule has 0 aliphatic heterocycles. The van der Waals surface area contributed by atoms with Gasteiger partial charge < -0.3 is 14.8 Å². The third kappa shape index (κ3) is 5.44. The lowest BCUT2D eigenvalue weighted by molar-refractivity contribution is -0.126. The molecule has 0 aromatic heterocycles. The van der Waals surface area contributed by atoms with Gasteiger partial charge in [0.25, 0.3) is 5.91 Å². The molecule has 0 spiro atoms. The molecule has 1 aromatic rings. The van der Waals surface area contributed by atoms with Gasteiger partial charge in [-0.3, -0.25) is 10.1 Å². The van der Waals surface area contributed by atoms with Crippen molar-refractivity contribution in [2.75, 3.05) is 6.61 Å². The molecule has 0 bridgehead atoms. The second-order valence-corrected chi connectivity index (χ2v) is 5.94. The highest BCUT2D eigenvalue weighted by molar-refractivity contribution is 5.96. The van der Waals surface area contributed by atoms with Gasteiger partial charge in [-0.15, -0.1) is 0 Å². The molecule has 132 valence electrons. The van der Waals surface area contributed by atoms with Crippen LogP contribution < -0.4 is 20.1 Å². The minimum Gasteiger partial charge on any atom is -0.490 e. The maximum absolute atomic E-state index is 12.1. The van der Waals surface area contributed by atoms with E-state index in [1.165, 1.54) is 6.42 Å². The molecule has 0 saturated heterocycles. The van der Waals surface area contributed by atoms with Gasteiger partial charge in [0, 0.05) is 6.04 Å². The van der Waals surface area contributed by atoms with Crippen LogP contribution in [0.1, 0.15) is 46.0 Å². The molecule has 1 aliphatic rings. The van der Waals surface area contributed by atoms with Crippen LogP contribution in [0.2, 0.25) is 0 Å². The lowest BCUT2D eigenvalue weighted by atomic mass is 9.96. The van der Waals surface area contributed by atoms with E-state index in [2.05, 4.69) is 10.6 Å². The standard InChI is InChI=1S/C18H26N2O4/c1-3-23-15-11-7-8-12-16(15)24-13(2)17(21)20-18(22)19-14-9-5-4-6-10-14/h7-8,11-14H,3-6,9-10H2,1-2H3,(H2,19,20,21,22)/t13-/m0/s1. The number of nitrogens with one attached hydrogen (secondary N) is 2. The van der Waals surface area contributed by atoms with Crippen molar-refractivity contribution in [2.24, 2.45) is 0 Å². The molecule has 2 rings (SSSR count). The average molecular weight is 334 g/mol. The summed E-state index contributed by atoms with van der Waals surface area (Å²) in [7, 11) is 0. The van der Waals surface area contributed by atoms with Gasteiger partial charge in [0.2, 0.25) is 0 Å². The first-order chi connectivity index (χ1) is 11.6. The summed E-state index contributed by atoms with van der Waals surface area (Å²) < 4.78 is 11.1. The number of ether oxygens (including phenoxy) is 2. The minimum absolute atomic E-state index is 0.154. The lowest BCUT2D eigenvalue weighted by Gasteiger charge is -2.23. The van der Waals surface area contributed by atoms with Crippen LogP contribution in [0.3, 0.4) is 0 Å². The fourth-order valence-corrected chi connectivity index (χ4v) is 2.75. The molecule has 1 aliphatic carbocycles. The van der Waals surface area contributed by atoms with Crippen molar-refractivity contribution in [1.82, 2.24) is 10.6 Å². The van der Waals surface area contributed by atoms with E-state index < -0.39 is 18.0 Å². The third-order valence-electron chi connectivity index (χ3n) is 4.00. The van der Waals surface area contributed by atoms with Gasteiger partial charge >= 0.3 is 6.03 Å². The van der Waals surface area contributed by atoms with Crippen molar-refractivity contribution in [3.63, 3.8) is 0 Å². The smallest absolute Gasteiger partial charge is 0.321 e. The fourth-order valence-electron chi connectivity index (χ4n) is 2.75. The zero-order valence-electron chi connectivity index (χ0n) is 14.3. The van der Waals surface area contributed by atoms with Gasteiger partial charge in [-0.1, -0.05) is 31.4 Å². The van der Waals surface area contributed by atoms with E-state index in [1.54, 1.807) is 25.1 Å². The summed E-state index contributed by atoms with van der Waals surface area (Å²) in [5.41, 5.74) is 0. The highest BCUT2D eigenvalue weighted by Gasteiger charge is 2.21. The molecule has 2 N–H and O–H groups in total. The quantitative estimate of drug-likeness (QED) is 0.838. The average Bonchev–Trinajstić information content (AvgIpc) is 2.57. The van der Waals surface area contributed by atoms with Crippen molar-refractivity contribution in [3.8, 4) is 11.5 Å². The first-order valence-corrected chi connectivity index (χ1v) is 8.60. The van der Waals surface area contributed by atoms with Crippen LogP contribution in [-0.4, -0.2) is 30.7 Å². The first kappa shape index (κ1) is 18.1. The number of hydrogen-bond donors (Lipinski definition) is 2. The number of hydrogen-bond acceptors (Lipinski definition) is 4. The first-order valence-electron chi connectivity index (χ1n) is 8.60. The van der Waals surface area contributed by atoms with E-state index >= 15 is 0 Å². The Hall–Kier alpha value is -2.24. The van der Waals surface area contributed by atoms with Gasteiger partial charge in [0.05, 0.1) is 6.61 Å². The van der Waals surface area contributed by atoms with E-state index in [1.807, 2.05) is 13.0 Å². The second kappa shape index (κ2) is 9.15. The van der Waals surface area contributed by atoms with E-state index in [-0.39, 0.29) is 6.04 Å². The number of carbonyl (C=O) groups excluding carboxylic acids is 2. The predicted octanol–water partition coefficient (Wildman–Crippen LogP) is 3.01.